The van der Waals surface area contributed by atoms with Crippen LogP contribution in [-0.2, 0) is 27.4 Å². The van der Waals surface area contributed by atoms with Gasteiger partial charge in [-0.3, -0.25) is 9.59 Å². The molecule has 42 heavy (non-hydrogen) atoms. The number of amides is 2. The first kappa shape index (κ1) is 37.4. The number of quaternary nitrogens is 1. The van der Waals surface area contributed by atoms with Crippen LogP contribution in [-0.4, -0.2) is 37.1 Å². The number of nitrogens with one attached hydrogen (secondary N) is 2. The van der Waals surface area contributed by atoms with Gasteiger partial charge in [0.05, 0.1) is 6.54 Å². The number of rotatable bonds is 20. The molecule has 0 aliphatic rings. The molecule has 0 unspecified atom stereocenters. The van der Waals surface area contributed by atoms with Crippen LogP contribution < -0.4 is 33.5 Å². The average molecular weight is 669 g/mol. The molecule has 0 spiro atoms. The molecule has 10 heteroatoms. The van der Waals surface area contributed by atoms with E-state index in [1.54, 1.807) is 24.3 Å². The minimum absolute atomic E-state index is 0. The molecule has 5 N–H and O–H groups in total. The van der Waals surface area contributed by atoms with E-state index < -0.39 is 12.2 Å². The number of benzene rings is 2. The Morgan fingerprint density at radius 3 is 2.24 bits per heavy atom. The van der Waals surface area contributed by atoms with Gasteiger partial charge in [0, 0.05) is 29.4 Å². The van der Waals surface area contributed by atoms with E-state index >= 15 is 0 Å². The first-order chi connectivity index (χ1) is 19.9. The van der Waals surface area contributed by atoms with Gasteiger partial charge >= 0.3 is 6.16 Å². The van der Waals surface area contributed by atoms with Gasteiger partial charge < -0.3 is 38.2 Å². The third-order valence-electron chi connectivity index (χ3n) is 6.75. The fourth-order valence-electron chi connectivity index (χ4n) is 4.34. The first-order valence-electron chi connectivity index (χ1n) is 15.0. The fourth-order valence-corrected chi connectivity index (χ4v) is 4.74. The van der Waals surface area contributed by atoms with Crippen molar-refractivity contribution in [2.45, 2.75) is 96.6 Å². The van der Waals surface area contributed by atoms with E-state index in [0.29, 0.717) is 25.1 Å². The molecule has 0 heterocycles. The lowest BCUT2D eigenvalue weighted by molar-refractivity contribution is -0.368. The minimum Gasteiger partial charge on any atom is -1.00 e. The highest BCUT2D eigenvalue weighted by Gasteiger charge is 2.21. The summed E-state index contributed by atoms with van der Waals surface area (Å²) in [6.45, 7) is 3.74. The van der Waals surface area contributed by atoms with Crippen LogP contribution in [0.25, 0.3) is 0 Å². The Kier molecular flexibility index (Phi) is 20.4. The van der Waals surface area contributed by atoms with Crippen LogP contribution in [0, 0.1) is 0 Å². The number of hydrogen-bond acceptors (Lipinski definition) is 5. The summed E-state index contributed by atoms with van der Waals surface area (Å²) in [5, 5.41) is 5.93. The van der Waals surface area contributed by atoms with Crippen LogP contribution >= 0.6 is 15.9 Å². The molecule has 0 fully saturated rings. The zero-order chi connectivity index (χ0) is 29.7. The van der Waals surface area contributed by atoms with Gasteiger partial charge in [0.1, 0.15) is 18.4 Å². The number of carbonyl (C=O) groups is 3. The lowest BCUT2D eigenvalue weighted by atomic mass is 10.0. The minimum atomic E-state index is -0.803. The molecular weight excluding hydrogens is 622 g/mol. The van der Waals surface area contributed by atoms with Gasteiger partial charge in [-0.2, -0.15) is 0 Å². The summed E-state index contributed by atoms with van der Waals surface area (Å²) >= 11 is 3.43. The van der Waals surface area contributed by atoms with Crippen LogP contribution in [0.4, 0.5) is 4.79 Å². The van der Waals surface area contributed by atoms with Gasteiger partial charge in [-0.1, -0.05) is 91.7 Å². The van der Waals surface area contributed by atoms with E-state index in [-0.39, 0.29) is 30.8 Å². The van der Waals surface area contributed by atoms with Crippen LogP contribution in [0.3, 0.4) is 0 Å². The molecule has 234 valence electrons. The summed E-state index contributed by atoms with van der Waals surface area (Å²) in [4.78, 5) is 37.8. The van der Waals surface area contributed by atoms with E-state index in [1.165, 1.54) is 32.1 Å². The molecule has 8 nitrogen and oxygen atoms in total. The smallest absolute Gasteiger partial charge is 0.514 e. The summed E-state index contributed by atoms with van der Waals surface area (Å²) in [5.41, 5.74) is 5.51. The molecule has 1 atom stereocenters. The molecule has 0 bridgehead atoms. The summed E-state index contributed by atoms with van der Waals surface area (Å²) < 4.78 is 11.4. The predicted molar refractivity (Wildman–Crippen MR) is 164 cm³/mol. The quantitative estimate of drug-likeness (QED) is 0.114. The third-order valence-corrected chi connectivity index (χ3v) is 7.53. The monoisotopic (exact) mass is 667 g/mol. The van der Waals surface area contributed by atoms with E-state index in [0.717, 1.165) is 54.2 Å². The number of carbonyl (C=O) groups excluding carboxylic acids is 3. The van der Waals surface area contributed by atoms with E-state index in [9.17, 15) is 14.4 Å². The van der Waals surface area contributed by atoms with Crippen molar-refractivity contribution in [2.24, 2.45) is 0 Å². The highest BCUT2D eigenvalue weighted by Crippen LogP contribution is 2.18. The Hall–Kier alpha value is -2.62. The van der Waals surface area contributed by atoms with Crippen LogP contribution in [0.5, 0.6) is 5.75 Å². The highest BCUT2D eigenvalue weighted by atomic mass is 79.9. The lowest BCUT2D eigenvalue weighted by Gasteiger charge is -2.19. The van der Waals surface area contributed by atoms with Crippen molar-refractivity contribution in [1.29, 1.82) is 0 Å². The number of unbranched alkanes of at least 4 members (excludes halogenated alkanes) is 8. The van der Waals surface area contributed by atoms with Crippen molar-refractivity contribution in [3.05, 3.63) is 64.1 Å². The Bertz CT molecular complexity index is 1050. The average Bonchev–Trinajstić information content (AvgIpc) is 2.97. The Labute approximate surface area is 265 Å². The van der Waals surface area contributed by atoms with Gasteiger partial charge in [-0.15, -0.1) is 0 Å². The molecule has 0 radical (unpaired) electrons. The maximum atomic E-state index is 13.0. The van der Waals surface area contributed by atoms with Crippen molar-refractivity contribution in [3.8, 4) is 5.75 Å². The summed E-state index contributed by atoms with van der Waals surface area (Å²) in [6.07, 6.45) is 10.8. The summed E-state index contributed by atoms with van der Waals surface area (Å²) in [7, 11) is 0. The number of ether oxygens (including phenoxy) is 2. The van der Waals surface area contributed by atoms with E-state index in [4.69, 9.17) is 9.47 Å². The van der Waals surface area contributed by atoms with Crippen LogP contribution in [0.1, 0.15) is 88.7 Å². The topological polar surface area (TPSA) is 121 Å². The molecular formula is C32H47BrClN3O5. The summed E-state index contributed by atoms with van der Waals surface area (Å²) in [6, 6.07) is 13.7. The molecule has 0 aromatic heterocycles. The van der Waals surface area contributed by atoms with Crippen molar-refractivity contribution in [2.75, 3.05) is 13.1 Å². The van der Waals surface area contributed by atoms with Gasteiger partial charge in [-0.05, 0) is 49.4 Å². The number of halogens is 2. The van der Waals surface area contributed by atoms with Crippen molar-refractivity contribution < 1.29 is 42.0 Å². The largest absolute Gasteiger partial charge is 1.00 e. The molecule has 2 rings (SSSR count). The maximum absolute atomic E-state index is 13.0. The molecule has 2 aromatic rings. The molecule has 0 aliphatic carbocycles. The lowest BCUT2D eigenvalue weighted by Crippen LogP contribution is -3.00. The Balaban J connectivity index is 0.00000882. The maximum Gasteiger partial charge on any atom is 0.514 e. The first-order valence-corrected chi connectivity index (χ1v) is 15.8. The standard InChI is InChI=1S/C32H46BrN3O5.ClH/c1-2-3-4-5-6-7-13-22-35-31(38)29(36-30(37)16-9-8-12-21-34)23-25-17-19-27(20-18-25)41-32(39)40-24-26-14-10-11-15-28(26)33;/h10-11,14-15,17-20,29H,2-9,12-13,16,21-24,34H2,1H3,(H,35,38)(H,36,37);1H/t29-;/m0./s1. The number of hydrogen-bond donors (Lipinski definition) is 3. The van der Waals surface area contributed by atoms with Gasteiger partial charge in [0.25, 0.3) is 0 Å². The second-order valence-electron chi connectivity index (χ2n) is 10.3. The van der Waals surface area contributed by atoms with Crippen molar-refractivity contribution in [1.82, 2.24) is 10.6 Å². The van der Waals surface area contributed by atoms with Crippen LogP contribution in [0.2, 0.25) is 0 Å². The van der Waals surface area contributed by atoms with E-state index in [1.807, 2.05) is 24.3 Å². The SMILES string of the molecule is CCCCCCCCCNC(=O)[C@H](Cc1ccc(OC(=O)OCc2ccccc2Br)cc1)NC(=O)CCCCC[NH3+].[Cl-]. The zero-order valence-corrected chi connectivity index (χ0v) is 27.1. The molecule has 0 aliphatic heterocycles. The Morgan fingerprint density at radius 2 is 1.55 bits per heavy atom. The second-order valence-corrected chi connectivity index (χ2v) is 11.1. The fraction of sp³-hybridized carbons (Fsp3) is 0.531. The van der Waals surface area contributed by atoms with Crippen LogP contribution in [0.15, 0.2) is 53.0 Å². The third kappa shape index (κ3) is 16.1. The second kappa shape index (κ2) is 22.9. The predicted octanol–water partition coefficient (Wildman–Crippen LogP) is 2.87. The molecule has 2 amide bonds. The van der Waals surface area contributed by atoms with Gasteiger partial charge in [-0.25, -0.2) is 4.79 Å². The molecule has 2 aromatic carbocycles. The van der Waals surface area contributed by atoms with Gasteiger partial charge in [0.2, 0.25) is 11.8 Å². The highest BCUT2D eigenvalue weighted by molar-refractivity contribution is 9.10. The zero-order valence-electron chi connectivity index (χ0n) is 24.8. The molecule has 0 saturated carbocycles. The summed E-state index contributed by atoms with van der Waals surface area (Å²) in [5.74, 6) is 0.0243. The Morgan fingerprint density at radius 1 is 0.881 bits per heavy atom. The van der Waals surface area contributed by atoms with Crippen molar-refractivity contribution in [3.63, 3.8) is 0 Å². The normalized spacial score (nSPS) is 11.2. The molecule has 0 saturated heterocycles. The van der Waals surface area contributed by atoms with Gasteiger partial charge in [0.15, 0.2) is 0 Å². The van der Waals surface area contributed by atoms with E-state index in [2.05, 4.69) is 39.2 Å². The van der Waals surface area contributed by atoms with Crippen molar-refractivity contribution >= 4 is 33.9 Å².